The summed E-state index contributed by atoms with van der Waals surface area (Å²) in [7, 11) is 1.82. The number of hydrogen-bond acceptors (Lipinski definition) is 3. The number of phenolic OH excluding ortho intramolecular Hbond substituents is 1. The number of hydrogen-bond donors (Lipinski definition) is 1. The molecular formula is C17H19NO2S. The lowest BCUT2D eigenvalue weighted by atomic mass is 10.1. The van der Waals surface area contributed by atoms with Crippen LogP contribution in [0.25, 0.3) is 0 Å². The van der Waals surface area contributed by atoms with Gasteiger partial charge in [0.2, 0.25) is 5.91 Å². The molecule has 2 rings (SSSR count). The summed E-state index contributed by atoms with van der Waals surface area (Å²) in [5.74, 6) is 0.725. The van der Waals surface area contributed by atoms with Crippen molar-refractivity contribution in [2.24, 2.45) is 0 Å². The second kappa shape index (κ2) is 7.18. The van der Waals surface area contributed by atoms with E-state index in [1.807, 2.05) is 38.2 Å². The Kier molecular flexibility index (Phi) is 5.28. The summed E-state index contributed by atoms with van der Waals surface area (Å²) in [6, 6.07) is 15.1. The number of nitrogens with zero attached hydrogens (tertiary/aromatic N) is 1. The third-order valence-electron chi connectivity index (χ3n) is 3.17. The Hall–Kier alpha value is -1.94. The number of benzene rings is 2. The van der Waals surface area contributed by atoms with Crippen LogP contribution in [0.4, 0.5) is 0 Å². The van der Waals surface area contributed by atoms with E-state index < -0.39 is 0 Å². The number of carbonyl (C=O) groups is 1. The molecule has 0 fully saturated rings. The third-order valence-corrected chi connectivity index (χ3v) is 4.16. The van der Waals surface area contributed by atoms with Crippen molar-refractivity contribution in [3.8, 4) is 5.75 Å². The van der Waals surface area contributed by atoms with Crippen LogP contribution >= 0.6 is 11.8 Å². The van der Waals surface area contributed by atoms with Crippen LogP contribution in [0.5, 0.6) is 5.75 Å². The lowest BCUT2D eigenvalue weighted by Crippen LogP contribution is -2.27. The van der Waals surface area contributed by atoms with E-state index in [1.165, 1.54) is 17.3 Å². The fraction of sp³-hybridized carbons (Fsp3) is 0.235. The molecule has 0 heterocycles. The van der Waals surface area contributed by atoms with Gasteiger partial charge in [0.05, 0.1) is 5.75 Å². The van der Waals surface area contributed by atoms with Crippen molar-refractivity contribution >= 4 is 17.7 Å². The quantitative estimate of drug-likeness (QED) is 0.860. The Balaban J connectivity index is 1.84. The number of aromatic hydroxyl groups is 1. The Morgan fingerprint density at radius 1 is 1.10 bits per heavy atom. The van der Waals surface area contributed by atoms with Gasteiger partial charge < -0.3 is 10.0 Å². The highest BCUT2D eigenvalue weighted by atomic mass is 32.2. The topological polar surface area (TPSA) is 40.5 Å². The minimum atomic E-state index is 0.0913. The maximum Gasteiger partial charge on any atom is 0.232 e. The van der Waals surface area contributed by atoms with Crippen molar-refractivity contribution in [2.75, 3.05) is 12.8 Å². The minimum absolute atomic E-state index is 0.0913. The van der Waals surface area contributed by atoms with Gasteiger partial charge in [-0.25, -0.2) is 0 Å². The van der Waals surface area contributed by atoms with Gasteiger partial charge in [0.1, 0.15) is 5.75 Å². The molecule has 0 aliphatic rings. The Morgan fingerprint density at radius 2 is 1.71 bits per heavy atom. The first-order valence-electron chi connectivity index (χ1n) is 6.76. The van der Waals surface area contributed by atoms with Crippen LogP contribution in [0.3, 0.4) is 0 Å². The van der Waals surface area contributed by atoms with Crippen LogP contribution in [-0.2, 0) is 11.3 Å². The highest BCUT2D eigenvalue weighted by Crippen LogP contribution is 2.21. The highest BCUT2D eigenvalue weighted by Gasteiger charge is 2.09. The molecule has 0 bridgehead atoms. The maximum absolute atomic E-state index is 12.1. The first-order valence-corrected chi connectivity index (χ1v) is 7.74. The van der Waals surface area contributed by atoms with Crippen molar-refractivity contribution in [2.45, 2.75) is 18.4 Å². The molecule has 110 valence electrons. The molecule has 0 unspecified atom stereocenters. The Morgan fingerprint density at radius 3 is 2.33 bits per heavy atom. The zero-order chi connectivity index (χ0) is 15.2. The summed E-state index contributed by atoms with van der Waals surface area (Å²) in [5, 5.41) is 9.22. The van der Waals surface area contributed by atoms with Gasteiger partial charge in [-0.2, -0.15) is 0 Å². The van der Waals surface area contributed by atoms with Gasteiger partial charge in [-0.1, -0.05) is 29.8 Å². The summed E-state index contributed by atoms with van der Waals surface area (Å²) >= 11 is 1.48. The van der Waals surface area contributed by atoms with Crippen molar-refractivity contribution in [3.05, 3.63) is 59.7 Å². The number of amides is 1. The fourth-order valence-corrected chi connectivity index (χ4v) is 2.69. The van der Waals surface area contributed by atoms with Crippen LogP contribution in [0.1, 0.15) is 11.1 Å². The Labute approximate surface area is 129 Å². The molecule has 0 saturated carbocycles. The lowest BCUT2D eigenvalue weighted by Gasteiger charge is -2.17. The zero-order valence-electron chi connectivity index (χ0n) is 12.2. The second-order valence-corrected chi connectivity index (χ2v) is 6.07. The predicted molar refractivity (Wildman–Crippen MR) is 86.5 cm³/mol. The van der Waals surface area contributed by atoms with Crippen LogP contribution in [-0.4, -0.2) is 28.7 Å². The van der Waals surface area contributed by atoms with E-state index in [4.69, 9.17) is 0 Å². The maximum atomic E-state index is 12.1. The Bertz CT molecular complexity index is 593. The molecule has 4 heteroatoms. The summed E-state index contributed by atoms with van der Waals surface area (Å²) in [6.07, 6.45) is 0. The van der Waals surface area contributed by atoms with Crippen molar-refractivity contribution in [1.29, 1.82) is 0 Å². The second-order valence-electron chi connectivity index (χ2n) is 5.02. The number of thioether (sulfide) groups is 1. The van der Waals surface area contributed by atoms with Crippen molar-refractivity contribution in [1.82, 2.24) is 4.90 Å². The van der Waals surface area contributed by atoms with Crippen LogP contribution in [0.15, 0.2) is 53.4 Å². The van der Waals surface area contributed by atoms with E-state index in [2.05, 4.69) is 12.1 Å². The molecule has 1 N–H and O–H groups in total. The first-order chi connectivity index (χ1) is 10.0. The van der Waals surface area contributed by atoms with E-state index >= 15 is 0 Å². The fourth-order valence-electron chi connectivity index (χ4n) is 1.85. The molecule has 2 aromatic carbocycles. The van der Waals surface area contributed by atoms with Gasteiger partial charge in [-0.15, -0.1) is 11.8 Å². The normalized spacial score (nSPS) is 10.4. The van der Waals surface area contributed by atoms with E-state index in [0.29, 0.717) is 12.3 Å². The molecule has 0 aliphatic carbocycles. The van der Waals surface area contributed by atoms with Gasteiger partial charge in [0.25, 0.3) is 0 Å². The first kappa shape index (κ1) is 15.4. The standard InChI is InChI=1S/C17H19NO2S/c1-13-3-5-14(6-4-13)11-18(2)17(20)12-21-16-9-7-15(19)8-10-16/h3-10,19H,11-12H2,1-2H3. The van der Waals surface area contributed by atoms with E-state index in [-0.39, 0.29) is 11.7 Å². The van der Waals surface area contributed by atoms with Crippen LogP contribution < -0.4 is 0 Å². The molecule has 2 aromatic rings. The number of phenols is 1. The third kappa shape index (κ3) is 4.83. The summed E-state index contributed by atoms with van der Waals surface area (Å²) in [6.45, 7) is 2.67. The average Bonchev–Trinajstić information content (AvgIpc) is 2.48. The van der Waals surface area contributed by atoms with Gasteiger partial charge in [-0.3, -0.25) is 4.79 Å². The van der Waals surface area contributed by atoms with Crippen molar-refractivity contribution < 1.29 is 9.90 Å². The van der Waals surface area contributed by atoms with Gasteiger partial charge in [-0.05, 0) is 36.8 Å². The molecule has 21 heavy (non-hydrogen) atoms. The molecule has 0 radical (unpaired) electrons. The molecular weight excluding hydrogens is 282 g/mol. The largest absolute Gasteiger partial charge is 0.508 e. The molecule has 0 saturated heterocycles. The van der Waals surface area contributed by atoms with Gasteiger partial charge in [0.15, 0.2) is 0 Å². The number of aryl methyl sites for hydroxylation is 1. The molecule has 0 aromatic heterocycles. The minimum Gasteiger partial charge on any atom is -0.508 e. The molecule has 3 nitrogen and oxygen atoms in total. The molecule has 1 amide bonds. The molecule has 0 atom stereocenters. The van der Waals surface area contributed by atoms with E-state index in [1.54, 1.807) is 17.0 Å². The molecule has 0 aliphatic heterocycles. The summed E-state index contributed by atoms with van der Waals surface area (Å²) < 4.78 is 0. The SMILES string of the molecule is Cc1ccc(CN(C)C(=O)CSc2ccc(O)cc2)cc1. The van der Waals surface area contributed by atoms with Crippen LogP contribution in [0.2, 0.25) is 0 Å². The summed E-state index contributed by atoms with van der Waals surface area (Å²) in [4.78, 5) is 14.8. The summed E-state index contributed by atoms with van der Waals surface area (Å²) in [5.41, 5.74) is 2.35. The number of carbonyl (C=O) groups excluding carboxylic acids is 1. The zero-order valence-corrected chi connectivity index (χ0v) is 13.1. The molecule has 0 spiro atoms. The average molecular weight is 301 g/mol. The number of rotatable bonds is 5. The van der Waals surface area contributed by atoms with Gasteiger partial charge >= 0.3 is 0 Å². The van der Waals surface area contributed by atoms with Gasteiger partial charge in [0, 0.05) is 18.5 Å². The van der Waals surface area contributed by atoms with E-state index in [9.17, 15) is 9.90 Å². The van der Waals surface area contributed by atoms with Crippen LogP contribution in [0, 0.1) is 6.92 Å². The lowest BCUT2D eigenvalue weighted by molar-refractivity contribution is -0.127. The van der Waals surface area contributed by atoms with Crippen molar-refractivity contribution in [3.63, 3.8) is 0 Å². The van der Waals surface area contributed by atoms with E-state index in [0.717, 1.165) is 10.5 Å². The smallest absolute Gasteiger partial charge is 0.232 e. The predicted octanol–water partition coefficient (Wildman–Crippen LogP) is 3.45. The highest BCUT2D eigenvalue weighted by molar-refractivity contribution is 8.00. The monoisotopic (exact) mass is 301 g/mol.